The number of hydrogen-bond donors (Lipinski definition) is 3. The topological polar surface area (TPSA) is 67.5 Å². The molecule has 2 unspecified atom stereocenters. The summed E-state index contributed by atoms with van der Waals surface area (Å²) in [6.45, 7) is 0.997. The van der Waals surface area contributed by atoms with Crippen LogP contribution in [0.25, 0.3) is 0 Å². The van der Waals surface area contributed by atoms with Crippen molar-refractivity contribution in [3.63, 3.8) is 0 Å². The van der Waals surface area contributed by atoms with E-state index >= 15 is 0 Å². The summed E-state index contributed by atoms with van der Waals surface area (Å²) in [4.78, 5) is 0. The normalized spacial score (nSPS) is 20.6. The second-order valence-electron chi connectivity index (χ2n) is 3.71. The molecule has 2 rings (SSSR count). The van der Waals surface area contributed by atoms with Gasteiger partial charge < -0.3 is 20.9 Å². The molecule has 0 aliphatic carbocycles. The van der Waals surface area contributed by atoms with Gasteiger partial charge in [-0.2, -0.15) is 0 Å². The molecule has 1 aliphatic rings. The fourth-order valence-corrected chi connectivity index (χ4v) is 2.05. The summed E-state index contributed by atoms with van der Waals surface area (Å²) in [6, 6.07) is 5.84. The highest BCUT2D eigenvalue weighted by Gasteiger charge is 2.29. The monoisotopic (exact) mass is 208 g/mol. The van der Waals surface area contributed by atoms with Crippen LogP contribution in [0.1, 0.15) is 11.5 Å². The number of aliphatic hydroxyl groups excluding tert-OH is 1. The molecule has 0 amide bonds. The fourth-order valence-electron chi connectivity index (χ4n) is 2.05. The Morgan fingerprint density at radius 2 is 2.47 bits per heavy atom. The summed E-state index contributed by atoms with van der Waals surface area (Å²) in [5, 5.41) is 13.0. The maximum atomic E-state index is 9.76. The minimum Gasteiger partial charge on any atom is -0.495 e. The first-order valence-electron chi connectivity index (χ1n) is 5.06. The Balaban J connectivity index is 2.35. The van der Waals surface area contributed by atoms with E-state index in [0.717, 1.165) is 17.0 Å². The number of fused-ring (bicyclic) bond motifs is 1. The van der Waals surface area contributed by atoms with Gasteiger partial charge in [0.15, 0.2) is 0 Å². The molecule has 0 spiro atoms. The second kappa shape index (κ2) is 4.08. The van der Waals surface area contributed by atoms with Crippen molar-refractivity contribution in [3.8, 4) is 5.75 Å². The van der Waals surface area contributed by atoms with Crippen LogP contribution in [0.5, 0.6) is 5.75 Å². The van der Waals surface area contributed by atoms with Crippen molar-refractivity contribution < 1.29 is 9.84 Å². The highest BCUT2D eigenvalue weighted by Crippen LogP contribution is 2.39. The van der Waals surface area contributed by atoms with Crippen molar-refractivity contribution in [1.82, 2.24) is 0 Å². The zero-order chi connectivity index (χ0) is 10.8. The van der Waals surface area contributed by atoms with E-state index < -0.39 is 6.10 Å². The molecule has 0 aromatic heterocycles. The Morgan fingerprint density at radius 1 is 1.67 bits per heavy atom. The highest BCUT2D eigenvalue weighted by atomic mass is 16.5. The van der Waals surface area contributed by atoms with E-state index in [1.165, 1.54) is 0 Å². The minimum atomic E-state index is -0.495. The molecule has 0 saturated carbocycles. The Morgan fingerprint density at radius 3 is 3.13 bits per heavy atom. The molecular formula is C11H16N2O2. The molecule has 1 aromatic carbocycles. The predicted molar refractivity (Wildman–Crippen MR) is 59.3 cm³/mol. The third kappa shape index (κ3) is 1.66. The van der Waals surface area contributed by atoms with Gasteiger partial charge in [0, 0.05) is 19.0 Å². The van der Waals surface area contributed by atoms with E-state index in [9.17, 15) is 5.11 Å². The van der Waals surface area contributed by atoms with Crippen molar-refractivity contribution in [1.29, 1.82) is 0 Å². The van der Waals surface area contributed by atoms with Crippen LogP contribution in [0.15, 0.2) is 18.2 Å². The number of aliphatic hydroxyl groups is 1. The first-order valence-corrected chi connectivity index (χ1v) is 5.06. The molecule has 1 aliphatic heterocycles. The molecule has 0 fully saturated rings. The van der Waals surface area contributed by atoms with Gasteiger partial charge in [0.05, 0.1) is 18.9 Å². The molecule has 82 valence electrons. The lowest BCUT2D eigenvalue weighted by Gasteiger charge is -2.16. The van der Waals surface area contributed by atoms with Crippen LogP contribution in [0.3, 0.4) is 0 Å². The second-order valence-corrected chi connectivity index (χ2v) is 3.71. The van der Waals surface area contributed by atoms with Crippen LogP contribution < -0.4 is 15.8 Å². The van der Waals surface area contributed by atoms with Crippen molar-refractivity contribution in [2.75, 3.05) is 25.5 Å². The third-order valence-corrected chi connectivity index (χ3v) is 2.88. The number of nitrogens with one attached hydrogen (secondary N) is 1. The lowest BCUT2D eigenvalue weighted by molar-refractivity contribution is 0.157. The van der Waals surface area contributed by atoms with E-state index in [-0.39, 0.29) is 12.5 Å². The largest absolute Gasteiger partial charge is 0.495 e. The number of rotatable bonds is 3. The number of methoxy groups -OCH3 is 1. The Bertz CT molecular complexity index is 354. The standard InChI is InChI=1S/C11H16N2O2/c1-15-10-4-2-3-7-8(9(14)5-12)6-13-11(7)10/h2-4,8-9,13-14H,5-6,12H2,1H3. The number of ether oxygens (including phenoxy) is 1. The van der Waals surface area contributed by atoms with Crippen LogP contribution >= 0.6 is 0 Å². The summed E-state index contributed by atoms with van der Waals surface area (Å²) >= 11 is 0. The van der Waals surface area contributed by atoms with Gasteiger partial charge in [-0.05, 0) is 11.6 Å². The van der Waals surface area contributed by atoms with Gasteiger partial charge in [0.1, 0.15) is 5.75 Å². The lowest BCUT2D eigenvalue weighted by Crippen LogP contribution is -2.28. The van der Waals surface area contributed by atoms with Crippen LogP contribution in [-0.2, 0) is 0 Å². The van der Waals surface area contributed by atoms with Gasteiger partial charge in [-0.1, -0.05) is 12.1 Å². The number of para-hydroxylation sites is 1. The maximum absolute atomic E-state index is 9.76. The average molecular weight is 208 g/mol. The number of nitrogens with two attached hydrogens (primary N) is 1. The molecule has 0 bridgehead atoms. The number of anilines is 1. The first kappa shape index (κ1) is 10.3. The molecule has 15 heavy (non-hydrogen) atoms. The quantitative estimate of drug-likeness (QED) is 0.677. The van der Waals surface area contributed by atoms with Crippen molar-refractivity contribution in [2.24, 2.45) is 5.73 Å². The van der Waals surface area contributed by atoms with E-state index in [1.54, 1.807) is 7.11 Å². The zero-order valence-electron chi connectivity index (χ0n) is 8.73. The maximum Gasteiger partial charge on any atom is 0.142 e. The van der Waals surface area contributed by atoms with E-state index in [1.807, 2.05) is 18.2 Å². The van der Waals surface area contributed by atoms with Gasteiger partial charge in [0.2, 0.25) is 0 Å². The predicted octanol–water partition coefficient (Wildman–Crippen LogP) is 0.524. The molecule has 4 N–H and O–H groups in total. The van der Waals surface area contributed by atoms with Crippen LogP contribution in [0.2, 0.25) is 0 Å². The van der Waals surface area contributed by atoms with E-state index in [4.69, 9.17) is 10.5 Å². The number of hydrogen-bond acceptors (Lipinski definition) is 4. The highest BCUT2D eigenvalue weighted by molar-refractivity contribution is 5.67. The van der Waals surface area contributed by atoms with Gasteiger partial charge in [0.25, 0.3) is 0 Å². The lowest BCUT2D eigenvalue weighted by atomic mass is 9.95. The minimum absolute atomic E-state index is 0.0695. The average Bonchev–Trinajstić information content (AvgIpc) is 2.71. The van der Waals surface area contributed by atoms with Crippen LogP contribution in [0.4, 0.5) is 5.69 Å². The summed E-state index contributed by atoms with van der Waals surface area (Å²) in [7, 11) is 1.64. The van der Waals surface area contributed by atoms with Crippen LogP contribution in [-0.4, -0.2) is 31.4 Å². The molecule has 0 saturated heterocycles. The van der Waals surface area contributed by atoms with E-state index in [2.05, 4.69) is 5.32 Å². The van der Waals surface area contributed by atoms with Gasteiger partial charge in [-0.25, -0.2) is 0 Å². The van der Waals surface area contributed by atoms with Crippen molar-refractivity contribution in [3.05, 3.63) is 23.8 Å². The van der Waals surface area contributed by atoms with Crippen molar-refractivity contribution in [2.45, 2.75) is 12.0 Å². The molecule has 1 heterocycles. The molecule has 0 radical (unpaired) electrons. The third-order valence-electron chi connectivity index (χ3n) is 2.88. The van der Waals surface area contributed by atoms with Crippen LogP contribution in [0, 0.1) is 0 Å². The summed E-state index contributed by atoms with van der Waals surface area (Å²) in [5.41, 5.74) is 7.54. The molecule has 4 nitrogen and oxygen atoms in total. The zero-order valence-corrected chi connectivity index (χ0v) is 8.73. The molecular weight excluding hydrogens is 192 g/mol. The SMILES string of the molecule is COc1cccc2c1NCC2C(O)CN. The molecule has 1 aromatic rings. The smallest absolute Gasteiger partial charge is 0.142 e. The molecule has 4 heteroatoms. The molecule has 2 atom stereocenters. The Labute approximate surface area is 89.0 Å². The Kier molecular flexibility index (Phi) is 2.79. The number of benzene rings is 1. The summed E-state index contributed by atoms with van der Waals surface area (Å²) in [5.74, 6) is 0.888. The Hall–Kier alpha value is -1.26. The van der Waals surface area contributed by atoms with Crippen molar-refractivity contribution >= 4 is 5.69 Å². The fraction of sp³-hybridized carbons (Fsp3) is 0.455. The summed E-state index contributed by atoms with van der Waals surface area (Å²) in [6.07, 6.45) is -0.495. The summed E-state index contributed by atoms with van der Waals surface area (Å²) < 4.78 is 5.24. The van der Waals surface area contributed by atoms with Gasteiger partial charge >= 0.3 is 0 Å². The first-order chi connectivity index (χ1) is 7.27. The van der Waals surface area contributed by atoms with E-state index in [0.29, 0.717) is 6.54 Å². The van der Waals surface area contributed by atoms with Gasteiger partial charge in [-0.3, -0.25) is 0 Å². The van der Waals surface area contributed by atoms with Gasteiger partial charge in [-0.15, -0.1) is 0 Å².